The van der Waals surface area contributed by atoms with Crippen LogP contribution in [0.4, 0.5) is 5.13 Å². The number of hydrogen-bond donors (Lipinski definition) is 2. The number of aromatic nitrogens is 2. The number of nitrogens with one attached hydrogen (secondary N) is 1. The molecular formula is C19H23N3O4S2. The summed E-state index contributed by atoms with van der Waals surface area (Å²) in [5.41, 5.74) is 1.73. The van der Waals surface area contributed by atoms with E-state index in [1.807, 2.05) is 12.1 Å². The van der Waals surface area contributed by atoms with Crippen molar-refractivity contribution in [2.45, 2.75) is 43.8 Å². The van der Waals surface area contributed by atoms with E-state index in [0.717, 1.165) is 25.7 Å². The molecule has 0 spiro atoms. The molecule has 7 nitrogen and oxygen atoms in total. The SMILES string of the molecule is CS(=O)Cc1nnc(NC(=O)c2ccc(C3CCC(CC(=O)O)CC3)cc2)s1. The number of nitrogens with zero attached hydrogens (tertiary/aromatic N) is 2. The molecule has 1 unspecified atom stereocenters. The Hall–Kier alpha value is -2.13. The van der Waals surface area contributed by atoms with Crippen LogP contribution >= 0.6 is 11.3 Å². The van der Waals surface area contributed by atoms with Crippen molar-refractivity contribution >= 4 is 39.1 Å². The van der Waals surface area contributed by atoms with Crippen LogP contribution in [0.1, 0.15) is 59.0 Å². The smallest absolute Gasteiger partial charge is 0.303 e. The molecule has 2 N–H and O–H groups in total. The molecule has 1 aromatic heterocycles. The maximum atomic E-state index is 12.4. The van der Waals surface area contributed by atoms with Crippen LogP contribution in [-0.2, 0) is 21.3 Å². The first kappa shape index (κ1) is 20.6. The molecule has 0 saturated heterocycles. The number of carboxylic acid groups (broad SMARTS) is 1. The summed E-state index contributed by atoms with van der Waals surface area (Å²) in [5.74, 6) is 0.0570. The van der Waals surface area contributed by atoms with E-state index >= 15 is 0 Å². The minimum absolute atomic E-state index is 0.253. The van der Waals surface area contributed by atoms with Crippen LogP contribution < -0.4 is 5.32 Å². The summed E-state index contributed by atoms with van der Waals surface area (Å²) in [5, 5.41) is 20.5. The molecule has 0 radical (unpaired) electrons. The van der Waals surface area contributed by atoms with Crippen molar-refractivity contribution in [1.82, 2.24) is 10.2 Å². The first-order valence-corrected chi connectivity index (χ1v) is 11.7. The van der Waals surface area contributed by atoms with Crippen LogP contribution in [0.5, 0.6) is 0 Å². The fourth-order valence-corrected chi connectivity index (χ4v) is 5.23. The Morgan fingerprint density at radius 2 is 1.86 bits per heavy atom. The van der Waals surface area contributed by atoms with Gasteiger partial charge in [0.25, 0.3) is 5.91 Å². The first-order chi connectivity index (χ1) is 13.4. The molecule has 1 aliphatic rings. The molecule has 1 amide bonds. The minimum Gasteiger partial charge on any atom is -0.481 e. The van der Waals surface area contributed by atoms with Gasteiger partial charge in [-0.25, -0.2) is 0 Å². The molecular weight excluding hydrogens is 398 g/mol. The van der Waals surface area contributed by atoms with E-state index in [1.165, 1.54) is 16.9 Å². The van der Waals surface area contributed by atoms with Gasteiger partial charge in [0.05, 0.1) is 5.75 Å². The normalized spacial score (nSPS) is 20.5. The quantitative estimate of drug-likeness (QED) is 0.709. The Kier molecular flexibility index (Phi) is 6.90. The third-order valence-corrected chi connectivity index (χ3v) is 6.67. The van der Waals surface area contributed by atoms with Crippen molar-refractivity contribution in [3.63, 3.8) is 0 Å². The van der Waals surface area contributed by atoms with Crippen LogP contribution in [0.3, 0.4) is 0 Å². The summed E-state index contributed by atoms with van der Waals surface area (Å²) in [6.07, 6.45) is 5.68. The van der Waals surface area contributed by atoms with Gasteiger partial charge in [0.2, 0.25) is 5.13 Å². The second kappa shape index (κ2) is 9.38. The van der Waals surface area contributed by atoms with Gasteiger partial charge in [-0.1, -0.05) is 23.5 Å². The van der Waals surface area contributed by atoms with Gasteiger partial charge in [0.1, 0.15) is 5.01 Å². The van der Waals surface area contributed by atoms with E-state index in [-0.39, 0.29) is 18.2 Å². The van der Waals surface area contributed by atoms with E-state index in [1.54, 1.807) is 18.4 Å². The number of carboxylic acids is 1. The number of carbonyl (C=O) groups excluding carboxylic acids is 1. The number of carbonyl (C=O) groups is 2. The summed E-state index contributed by atoms with van der Waals surface area (Å²) in [4.78, 5) is 23.2. The predicted molar refractivity (Wildman–Crippen MR) is 109 cm³/mol. The summed E-state index contributed by atoms with van der Waals surface area (Å²) in [6, 6.07) is 7.56. The fourth-order valence-electron chi connectivity index (χ4n) is 3.56. The van der Waals surface area contributed by atoms with Crippen LogP contribution in [-0.4, -0.2) is 37.6 Å². The van der Waals surface area contributed by atoms with Crippen LogP contribution in [0.2, 0.25) is 0 Å². The van der Waals surface area contributed by atoms with Crippen molar-refractivity contribution in [2.24, 2.45) is 5.92 Å². The molecule has 150 valence electrons. The largest absolute Gasteiger partial charge is 0.481 e. The Balaban J connectivity index is 1.55. The zero-order chi connectivity index (χ0) is 20.1. The lowest BCUT2D eigenvalue weighted by atomic mass is 9.77. The molecule has 1 heterocycles. The Labute approximate surface area is 170 Å². The molecule has 28 heavy (non-hydrogen) atoms. The fraction of sp³-hybridized carbons (Fsp3) is 0.474. The van der Waals surface area contributed by atoms with Gasteiger partial charge in [0, 0.05) is 29.0 Å². The minimum atomic E-state index is -0.996. The standard InChI is InChI=1S/C19H23N3O4S2/c1-28(26)11-16-21-22-19(27-16)20-18(25)15-8-6-14(7-9-15)13-4-2-12(3-5-13)10-17(23)24/h6-9,12-13H,2-5,10-11H2,1H3,(H,23,24)(H,20,22,25). The zero-order valence-electron chi connectivity index (χ0n) is 15.6. The van der Waals surface area contributed by atoms with Gasteiger partial charge in [-0.05, 0) is 55.2 Å². The van der Waals surface area contributed by atoms with E-state index in [4.69, 9.17) is 5.11 Å². The Morgan fingerprint density at radius 1 is 1.18 bits per heavy atom. The molecule has 0 bridgehead atoms. The van der Waals surface area contributed by atoms with E-state index in [0.29, 0.717) is 27.4 Å². The van der Waals surface area contributed by atoms with Gasteiger partial charge in [-0.15, -0.1) is 10.2 Å². The van der Waals surface area contributed by atoms with Crippen molar-refractivity contribution in [2.75, 3.05) is 11.6 Å². The number of hydrogen-bond acceptors (Lipinski definition) is 6. The van der Waals surface area contributed by atoms with E-state index < -0.39 is 16.8 Å². The van der Waals surface area contributed by atoms with Gasteiger partial charge in [-0.3, -0.25) is 19.1 Å². The van der Waals surface area contributed by atoms with Gasteiger partial charge < -0.3 is 5.11 Å². The summed E-state index contributed by atoms with van der Waals surface area (Å²) in [6.45, 7) is 0. The van der Waals surface area contributed by atoms with E-state index in [9.17, 15) is 13.8 Å². The van der Waals surface area contributed by atoms with Crippen molar-refractivity contribution < 1.29 is 18.9 Å². The predicted octanol–water partition coefficient (Wildman–Crippen LogP) is 3.42. The summed E-state index contributed by atoms with van der Waals surface area (Å²) >= 11 is 1.23. The highest BCUT2D eigenvalue weighted by molar-refractivity contribution is 7.83. The summed E-state index contributed by atoms with van der Waals surface area (Å²) < 4.78 is 11.2. The average molecular weight is 422 g/mol. The highest BCUT2D eigenvalue weighted by atomic mass is 32.2. The second-order valence-electron chi connectivity index (χ2n) is 7.11. The highest BCUT2D eigenvalue weighted by Gasteiger charge is 2.24. The van der Waals surface area contributed by atoms with Crippen LogP contribution in [0, 0.1) is 5.92 Å². The zero-order valence-corrected chi connectivity index (χ0v) is 17.2. The highest BCUT2D eigenvalue weighted by Crippen LogP contribution is 2.37. The number of benzene rings is 1. The average Bonchev–Trinajstić information content (AvgIpc) is 3.08. The van der Waals surface area contributed by atoms with Crippen LogP contribution in [0.25, 0.3) is 0 Å². The summed E-state index contributed by atoms with van der Waals surface area (Å²) in [7, 11) is -0.996. The lowest BCUT2D eigenvalue weighted by Crippen LogP contribution is -2.16. The lowest BCUT2D eigenvalue weighted by Gasteiger charge is -2.28. The number of amides is 1. The number of aliphatic carboxylic acids is 1. The molecule has 2 aromatic rings. The van der Waals surface area contributed by atoms with Gasteiger partial charge in [0.15, 0.2) is 0 Å². The molecule has 1 aromatic carbocycles. The third kappa shape index (κ3) is 5.68. The number of rotatable bonds is 7. The molecule has 1 fully saturated rings. The molecule has 3 rings (SSSR count). The van der Waals surface area contributed by atoms with Crippen molar-refractivity contribution in [1.29, 1.82) is 0 Å². The Bertz CT molecular complexity index is 858. The van der Waals surface area contributed by atoms with Gasteiger partial charge >= 0.3 is 5.97 Å². The number of anilines is 1. The third-order valence-electron chi connectivity index (χ3n) is 4.97. The topological polar surface area (TPSA) is 109 Å². The Morgan fingerprint density at radius 3 is 2.46 bits per heavy atom. The second-order valence-corrected chi connectivity index (χ2v) is 9.61. The molecule has 1 aliphatic carbocycles. The lowest BCUT2D eigenvalue weighted by molar-refractivity contribution is -0.138. The molecule has 1 saturated carbocycles. The maximum absolute atomic E-state index is 12.4. The van der Waals surface area contributed by atoms with E-state index in [2.05, 4.69) is 15.5 Å². The monoisotopic (exact) mass is 421 g/mol. The van der Waals surface area contributed by atoms with Crippen molar-refractivity contribution in [3.8, 4) is 0 Å². The molecule has 0 aliphatic heterocycles. The molecule has 9 heteroatoms. The van der Waals surface area contributed by atoms with Crippen LogP contribution in [0.15, 0.2) is 24.3 Å². The molecule has 1 atom stereocenters. The maximum Gasteiger partial charge on any atom is 0.303 e. The first-order valence-electron chi connectivity index (χ1n) is 9.16. The van der Waals surface area contributed by atoms with Gasteiger partial charge in [-0.2, -0.15) is 0 Å². The van der Waals surface area contributed by atoms with Crippen molar-refractivity contribution in [3.05, 3.63) is 40.4 Å².